The van der Waals surface area contributed by atoms with Crippen LogP contribution in [0.5, 0.6) is 11.5 Å². The van der Waals surface area contributed by atoms with Gasteiger partial charge in [-0.25, -0.2) is 9.59 Å². The summed E-state index contributed by atoms with van der Waals surface area (Å²) in [4.78, 5) is 22.9. The Hall–Kier alpha value is -3.54. The fraction of sp³-hybridized carbons (Fsp3) is 0.250. The van der Waals surface area contributed by atoms with Gasteiger partial charge in [-0.2, -0.15) is 0 Å². The van der Waals surface area contributed by atoms with Crippen molar-refractivity contribution in [1.29, 1.82) is 0 Å². The van der Waals surface area contributed by atoms with Crippen molar-refractivity contribution in [2.24, 2.45) is 0 Å². The molecule has 0 spiro atoms. The first-order valence-corrected chi connectivity index (χ1v) is 9.55. The minimum atomic E-state index is -1.34. The fourth-order valence-electron chi connectivity index (χ4n) is 3.10. The highest BCUT2D eigenvalue weighted by atomic mass is 16.4. The average molecular weight is 410 g/mol. The molecule has 2 rings (SSSR count). The number of carboxylic acids is 2. The molecule has 0 aliphatic heterocycles. The number of hydrogen-bond acceptors (Lipinski definition) is 4. The summed E-state index contributed by atoms with van der Waals surface area (Å²) >= 11 is 0. The molecule has 0 unspecified atom stereocenters. The zero-order chi connectivity index (χ0) is 22.4. The number of aromatic hydroxyl groups is 2. The van der Waals surface area contributed by atoms with Crippen LogP contribution in [-0.2, 0) is 6.42 Å². The average Bonchev–Trinajstić information content (AvgIpc) is 2.66. The van der Waals surface area contributed by atoms with Crippen molar-refractivity contribution in [2.45, 2.75) is 40.0 Å². The second-order valence-electron chi connectivity index (χ2n) is 7.41. The largest absolute Gasteiger partial charge is 0.507 e. The summed E-state index contributed by atoms with van der Waals surface area (Å²) in [6, 6.07) is 6.85. The molecule has 0 amide bonds. The normalized spacial score (nSPS) is 11.2. The topological polar surface area (TPSA) is 115 Å². The quantitative estimate of drug-likeness (QED) is 0.433. The van der Waals surface area contributed by atoms with Gasteiger partial charge in [0.2, 0.25) is 0 Å². The van der Waals surface area contributed by atoms with E-state index in [1.165, 1.54) is 35.9 Å². The molecule has 30 heavy (non-hydrogen) atoms. The monoisotopic (exact) mass is 410 g/mol. The number of allylic oxidation sites excluding steroid dienone is 4. The van der Waals surface area contributed by atoms with E-state index in [9.17, 15) is 24.9 Å². The summed E-state index contributed by atoms with van der Waals surface area (Å²) < 4.78 is 0. The van der Waals surface area contributed by atoms with Crippen molar-refractivity contribution in [3.63, 3.8) is 0 Å². The number of phenols is 2. The number of benzene rings is 2. The Labute approximate surface area is 175 Å². The molecule has 0 heterocycles. The van der Waals surface area contributed by atoms with E-state index in [2.05, 4.69) is 6.08 Å². The maximum atomic E-state index is 11.8. The van der Waals surface area contributed by atoms with Gasteiger partial charge in [-0.1, -0.05) is 35.4 Å². The van der Waals surface area contributed by atoms with Gasteiger partial charge in [0.25, 0.3) is 0 Å². The number of phenolic OH excluding ortho intramolecular Hbond substituents is 1. The minimum absolute atomic E-state index is 0.0504. The molecule has 2 aromatic carbocycles. The second kappa shape index (κ2) is 9.78. The summed E-state index contributed by atoms with van der Waals surface area (Å²) in [5.41, 5.74) is 2.65. The van der Waals surface area contributed by atoms with E-state index >= 15 is 0 Å². The SMILES string of the molecule is CC(C)=CCCC(C)=CCc1c(O)cc(-c2ccc(C(=O)O)cc2)c(C(=O)O)c1O. The zero-order valence-electron chi connectivity index (χ0n) is 17.3. The van der Waals surface area contributed by atoms with Crippen molar-refractivity contribution in [1.82, 2.24) is 0 Å². The minimum Gasteiger partial charge on any atom is -0.507 e. The number of carbonyl (C=O) groups is 2. The first-order chi connectivity index (χ1) is 14.1. The molecule has 0 fully saturated rings. The van der Waals surface area contributed by atoms with Crippen molar-refractivity contribution >= 4 is 11.9 Å². The van der Waals surface area contributed by atoms with E-state index in [0.717, 1.165) is 18.4 Å². The maximum Gasteiger partial charge on any atom is 0.340 e. The number of hydrogen-bond donors (Lipinski definition) is 4. The Kier molecular flexibility index (Phi) is 7.42. The molecule has 0 aliphatic rings. The van der Waals surface area contributed by atoms with Crippen LogP contribution in [0.4, 0.5) is 0 Å². The molecular formula is C24H26O6. The molecular weight excluding hydrogens is 384 g/mol. The predicted molar refractivity (Wildman–Crippen MR) is 115 cm³/mol. The Morgan fingerprint density at radius 1 is 0.933 bits per heavy atom. The van der Waals surface area contributed by atoms with Gasteiger partial charge < -0.3 is 20.4 Å². The lowest BCUT2D eigenvalue weighted by atomic mass is 9.93. The Morgan fingerprint density at radius 2 is 1.57 bits per heavy atom. The molecule has 158 valence electrons. The lowest BCUT2D eigenvalue weighted by Gasteiger charge is -2.14. The number of aromatic carboxylic acids is 2. The van der Waals surface area contributed by atoms with E-state index in [0.29, 0.717) is 5.56 Å². The summed E-state index contributed by atoms with van der Waals surface area (Å²) in [5, 5.41) is 39.7. The van der Waals surface area contributed by atoms with Crippen LogP contribution in [-0.4, -0.2) is 32.4 Å². The van der Waals surface area contributed by atoms with Crippen LogP contribution in [0.2, 0.25) is 0 Å². The molecule has 6 heteroatoms. The van der Waals surface area contributed by atoms with Crippen molar-refractivity contribution in [3.8, 4) is 22.6 Å². The van der Waals surface area contributed by atoms with E-state index in [1.807, 2.05) is 26.8 Å². The third-order valence-corrected chi connectivity index (χ3v) is 4.78. The van der Waals surface area contributed by atoms with E-state index in [1.54, 1.807) is 0 Å². The molecule has 0 saturated heterocycles. The van der Waals surface area contributed by atoms with Gasteiger partial charge in [-0.15, -0.1) is 0 Å². The molecule has 2 aromatic rings. The van der Waals surface area contributed by atoms with Gasteiger partial charge in [0.15, 0.2) is 0 Å². The second-order valence-corrected chi connectivity index (χ2v) is 7.41. The highest BCUT2D eigenvalue weighted by Gasteiger charge is 2.23. The zero-order valence-corrected chi connectivity index (χ0v) is 17.3. The van der Waals surface area contributed by atoms with E-state index in [-0.39, 0.29) is 34.4 Å². The van der Waals surface area contributed by atoms with Crippen LogP contribution in [0.1, 0.15) is 59.9 Å². The van der Waals surface area contributed by atoms with Crippen molar-refractivity contribution in [3.05, 3.63) is 70.3 Å². The molecule has 0 bridgehead atoms. The molecule has 0 radical (unpaired) electrons. The van der Waals surface area contributed by atoms with E-state index < -0.39 is 17.7 Å². The van der Waals surface area contributed by atoms with Crippen LogP contribution < -0.4 is 0 Å². The molecule has 0 saturated carbocycles. The van der Waals surface area contributed by atoms with Gasteiger partial charge in [0, 0.05) is 11.1 Å². The van der Waals surface area contributed by atoms with Crippen molar-refractivity contribution in [2.75, 3.05) is 0 Å². The molecule has 0 atom stereocenters. The summed E-state index contributed by atoms with van der Waals surface area (Å²) in [7, 11) is 0. The van der Waals surface area contributed by atoms with Crippen LogP contribution in [0.25, 0.3) is 11.1 Å². The van der Waals surface area contributed by atoms with Gasteiger partial charge in [-0.05, 0) is 63.8 Å². The number of rotatable bonds is 8. The Balaban J connectivity index is 2.41. The highest BCUT2D eigenvalue weighted by Crippen LogP contribution is 2.39. The number of carboxylic acid groups (broad SMARTS) is 2. The van der Waals surface area contributed by atoms with Crippen LogP contribution in [0.3, 0.4) is 0 Å². The van der Waals surface area contributed by atoms with Crippen LogP contribution in [0.15, 0.2) is 53.6 Å². The summed E-state index contributed by atoms with van der Waals surface area (Å²) in [6.07, 6.45) is 5.89. The van der Waals surface area contributed by atoms with Crippen LogP contribution >= 0.6 is 0 Å². The lowest BCUT2D eigenvalue weighted by molar-refractivity contribution is 0.0684. The van der Waals surface area contributed by atoms with Crippen molar-refractivity contribution < 1.29 is 30.0 Å². The fourth-order valence-corrected chi connectivity index (χ4v) is 3.10. The third kappa shape index (κ3) is 5.50. The summed E-state index contributed by atoms with van der Waals surface area (Å²) in [5.74, 6) is -3.15. The first-order valence-electron chi connectivity index (χ1n) is 9.55. The molecule has 0 aromatic heterocycles. The molecule has 6 nitrogen and oxygen atoms in total. The van der Waals surface area contributed by atoms with E-state index in [4.69, 9.17) is 5.11 Å². The smallest absolute Gasteiger partial charge is 0.340 e. The standard InChI is InChI=1S/C24H26O6/c1-14(2)5-4-6-15(3)7-12-18-20(25)13-19(21(22(18)26)24(29)30)16-8-10-17(11-9-16)23(27)28/h5,7-11,13,25-26H,4,6,12H2,1-3H3,(H,27,28)(H,29,30). The third-order valence-electron chi connectivity index (χ3n) is 4.78. The predicted octanol–water partition coefficient (Wildman–Crippen LogP) is 5.40. The Bertz CT molecular complexity index is 1010. The van der Waals surface area contributed by atoms with Gasteiger partial charge in [0.1, 0.15) is 17.1 Å². The first kappa shape index (κ1) is 22.7. The Morgan fingerprint density at radius 3 is 2.10 bits per heavy atom. The maximum absolute atomic E-state index is 11.8. The van der Waals surface area contributed by atoms with Gasteiger partial charge >= 0.3 is 11.9 Å². The molecule has 0 aliphatic carbocycles. The highest BCUT2D eigenvalue weighted by molar-refractivity contribution is 6.00. The lowest BCUT2D eigenvalue weighted by Crippen LogP contribution is -2.03. The summed E-state index contributed by atoms with van der Waals surface area (Å²) in [6.45, 7) is 6.00. The van der Waals surface area contributed by atoms with Crippen LogP contribution in [0, 0.1) is 0 Å². The van der Waals surface area contributed by atoms with Gasteiger partial charge in [-0.3, -0.25) is 0 Å². The van der Waals surface area contributed by atoms with Gasteiger partial charge in [0.05, 0.1) is 5.56 Å². The molecule has 4 N–H and O–H groups in total.